The Labute approximate surface area is 157 Å². The minimum Gasteiger partial charge on any atom is -0.208 e. The zero-order chi connectivity index (χ0) is 19.4. The van der Waals surface area contributed by atoms with Crippen LogP contribution in [0.15, 0.2) is 60.2 Å². The highest BCUT2D eigenvalue weighted by Crippen LogP contribution is 2.42. The number of hydrogen-bond acceptors (Lipinski definition) is 0. The van der Waals surface area contributed by atoms with Gasteiger partial charge in [-0.2, -0.15) is 0 Å². The molecule has 27 heavy (non-hydrogen) atoms. The molecule has 0 amide bonds. The van der Waals surface area contributed by atoms with Gasteiger partial charge in [-0.1, -0.05) is 56.2 Å². The van der Waals surface area contributed by atoms with Crippen LogP contribution in [0.2, 0.25) is 0 Å². The van der Waals surface area contributed by atoms with E-state index in [1.54, 1.807) is 18.2 Å². The van der Waals surface area contributed by atoms with Crippen molar-refractivity contribution in [2.75, 3.05) is 0 Å². The normalized spacial score (nSPS) is 17.2. The van der Waals surface area contributed by atoms with Gasteiger partial charge in [-0.3, -0.25) is 0 Å². The van der Waals surface area contributed by atoms with E-state index in [0.29, 0.717) is 5.56 Å². The number of hydrogen-bond donors (Lipinski definition) is 0. The first-order valence-electron chi connectivity index (χ1n) is 9.31. The van der Waals surface area contributed by atoms with E-state index in [1.165, 1.54) is 18.1 Å². The van der Waals surface area contributed by atoms with Gasteiger partial charge in [-0.05, 0) is 48.1 Å². The van der Waals surface area contributed by atoms with Crippen molar-refractivity contribution in [1.82, 2.24) is 0 Å². The van der Waals surface area contributed by atoms with Crippen molar-refractivity contribution in [3.8, 4) is 0 Å². The Balaban J connectivity index is 1.79. The Morgan fingerprint density at radius 3 is 2.30 bits per heavy atom. The van der Waals surface area contributed by atoms with E-state index in [-0.39, 0.29) is 17.6 Å². The van der Waals surface area contributed by atoms with Crippen molar-refractivity contribution in [2.24, 2.45) is 0 Å². The zero-order valence-electron chi connectivity index (χ0n) is 15.2. The van der Waals surface area contributed by atoms with Crippen molar-refractivity contribution in [2.45, 2.75) is 44.9 Å². The first kappa shape index (κ1) is 19.4. The van der Waals surface area contributed by atoms with E-state index < -0.39 is 29.2 Å². The summed E-state index contributed by atoms with van der Waals surface area (Å²) in [6.45, 7) is 2.15. The lowest BCUT2D eigenvalue weighted by atomic mass is 9.86. The van der Waals surface area contributed by atoms with Crippen LogP contribution in [0.5, 0.6) is 0 Å². The number of benzene rings is 2. The van der Waals surface area contributed by atoms with Crippen molar-refractivity contribution in [3.63, 3.8) is 0 Å². The fourth-order valence-corrected chi connectivity index (χ4v) is 3.40. The first-order valence-corrected chi connectivity index (χ1v) is 9.31. The van der Waals surface area contributed by atoms with E-state index in [0.717, 1.165) is 31.4 Å². The van der Waals surface area contributed by atoms with Gasteiger partial charge >= 0.3 is 0 Å². The molecule has 1 unspecified atom stereocenters. The molecule has 0 radical (unpaired) electrons. The lowest BCUT2D eigenvalue weighted by Gasteiger charge is -2.21. The SMILES string of the molecule is CCCCCc1ccc(C2=CCC(c3ccc(F)c(F)c3)C(F)=C2F)cc1. The van der Waals surface area contributed by atoms with Gasteiger partial charge in [0.15, 0.2) is 17.5 Å². The Kier molecular flexibility index (Phi) is 6.15. The summed E-state index contributed by atoms with van der Waals surface area (Å²) in [5, 5.41) is 0. The van der Waals surface area contributed by atoms with Gasteiger partial charge in [-0.15, -0.1) is 0 Å². The molecule has 0 spiro atoms. The monoisotopic (exact) mass is 374 g/mol. The molecule has 2 aromatic rings. The molecular formula is C23H22F4. The molecule has 0 saturated heterocycles. The number of rotatable bonds is 6. The van der Waals surface area contributed by atoms with Gasteiger partial charge in [0.1, 0.15) is 5.83 Å². The molecule has 0 aromatic heterocycles. The lowest BCUT2D eigenvalue weighted by molar-refractivity contribution is 0.479. The first-order chi connectivity index (χ1) is 13.0. The second kappa shape index (κ2) is 8.55. The number of unbranched alkanes of at least 4 members (excludes halogenated alkanes) is 2. The number of halogens is 4. The summed E-state index contributed by atoms with van der Waals surface area (Å²) in [6.07, 6.45) is 6.21. The highest BCUT2D eigenvalue weighted by atomic mass is 19.2. The van der Waals surface area contributed by atoms with Crippen LogP contribution >= 0.6 is 0 Å². The standard InChI is InChI=1S/C23H22F4/c1-2-3-4-5-15-6-8-16(9-7-15)18-11-12-19(23(27)22(18)26)17-10-13-20(24)21(25)14-17/h6-11,13-14,19H,2-5,12H2,1H3. The Morgan fingerprint density at radius 1 is 0.889 bits per heavy atom. The summed E-state index contributed by atoms with van der Waals surface area (Å²) in [4.78, 5) is 0. The van der Waals surface area contributed by atoms with E-state index in [9.17, 15) is 17.6 Å². The summed E-state index contributed by atoms with van der Waals surface area (Å²) >= 11 is 0. The Hall–Kier alpha value is -2.36. The van der Waals surface area contributed by atoms with Crippen LogP contribution in [0.4, 0.5) is 17.6 Å². The predicted molar refractivity (Wildman–Crippen MR) is 101 cm³/mol. The van der Waals surface area contributed by atoms with Gasteiger partial charge < -0.3 is 0 Å². The van der Waals surface area contributed by atoms with E-state index in [1.807, 2.05) is 12.1 Å². The smallest absolute Gasteiger partial charge is 0.162 e. The molecule has 1 atom stereocenters. The molecule has 0 heterocycles. The van der Waals surface area contributed by atoms with Gasteiger partial charge in [0, 0.05) is 11.5 Å². The third kappa shape index (κ3) is 4.32. The molecule has 2 aromatic carbocycles. The van der Waals surface area contributed by atoms with Crippen LogP contribution in [0, 0.1) is 11.6 Å². The summed E-state index contributed by atoms with van der Waals surface area (Å²) in [5.74, 6) is -4.87. The minimum absolute atomic E-state index is 0.192. The van der Waals surface area contributed by atoms with Crippen molar-refractivity contribution >= 4 is 5.57 Å². The average Bonchev–Trinajstić information content (AvgIpc) is 2.67. The summed E-state index contributed by atoms with van der Waals surface area (Å²) in [5.41, 5.74) is 2.23. The molecule has 4 heteroatoms. The predicted octanol–water partition coefficient (Wildman–Crippen LogP) is 7.42. The molecule has 142 valence electrons. The van der Waals surface area contributed by atoms with Crippen LogP contribution in [0.25, 0.3) is 5.57 Å². The van der Waals surface area contributed by atoms with Crippen molar-refractivity contribution in [1.29, 1.82) is 0 Å². The van der Waals surface area contributed by atoms with Crippen LogP contribution in [0.3, 0.4) is 0 Å². The number of allylic oxidation sites excluding steroid dienone is 4. The fourth-order valence-electron chi connectivity index (χ4n) is 3.40. The van der Waals surface area contributed by atoms with Gasteiger partial charge in [-0.25, -0.2) is 17.6 Å². The summed E-state index contributed by atoms with van der Waals surface area (Å²) in [6, 6.07) is 10.6. The summed E-state index contributed by atoms with van der Waals surface area (Å²) < 4.78 is 55.8. The minimum atomic E-state index is -1.06. The second-order valence-corrected chi connectivity index (χ2v) is 6.90. The summed E-state index contributed by atoms with van der Waals surface area (Å²) in [7, 11) is 0. The average molecular weight is 374 g/mol. The van der Waals surface area contributed by atoms with Crippen LogP contribution < -0.4 is 0 Å². The third-order valence-electron chi connectivity index (χ3n) is 4.99. The van der Waals surface area contributed by atoms with Gasteiger partial charge in [0.25, 0.3) is 0 Å². The Morgan fingerprint density at radius 2 is 1.63 bits per heavy atom. The molecular weight excluding hydrogens is 352 g/mol. The maximum atomic E-state index is 14.7. The third-order valence-corrected chi connectivity index (χ3v) is 4.99. The van der Waals surface area contributed by atoms with Gasteiger partial charge in [0.2, 0.25) is 0 Å². The van der Waals surface area contributed by atoms with E-state index in [4.69, 9.17) is 0 Å². The van der Waals surface area contributed by atoms with Crippen molar-refractivity contribution < 1.29 is 17.6 Å². The molecule has 1 aliphatic rings. The maximum Gasteiger partial charge on any atom is 0.162 e. The maximum absolute atomic E-state index is 14.7. The number of aryl methyl sites for hydroxylation is 1. The molecule has 1 aliphatic carbocycles. The molecule has 0 saturated carbocycles. The van der Waals surface area contributed by atoms with Gasteiger partial charge in [0.05, 0.1) is 0 Å². The molecule has 3 rings (SSSR count). The fraction of sp³-hybridized carbons (Fsp3) is 0.304. The second-order valence-electron chi connectivity index (χ2n) is 6.90. The van der Waals surface area contributed by atoms with E-state index in [2.05, 4.69) is 6.92 Å². The van der Waals surface area contributed by atoms with Crippen LogP contribution in [-0.4, -0.2) is 0 Å². The highest BCUT2D eigenvalue weighted by molar-refractivity contribution is 5.79. The molecule has 0 bridgehead atoms. The molecule has 0 aliphatic heterocycles. The molecule has 0 nitrogen and oxygen atoms in total. The molecule has 0 N–H and O–H groups in total. The largest absolute Gasteiger partial charge is 0.208 e. The van der Waals surface area contributed by atoms with Crippen LogP contribution in [0.1, 0.15) is 55.2 Å². The molecule has 0 fully saturated rings. The highest BCUT2D eigenvalue weighted by Gasteiger charge is 2.28. The van der Waals surface area contributed by atoms with Crippen LogP contribution in [-0.2, 0) is 6.42 Å². The quantitative estimate of drug-likeness (QED) is 0.364. The van der Waals surface area contributed by atoms with Crippen molar-refractivity contribution in [3.05, 3.63) is 88.5 Å². The zero-order valence-corrected chi connectivity index (χ0v) is 15.2. The lowest BCUT2D eigenvalue weighted by Crippen LogP contribution is -2.07. The Bertz CT molecular complexity index is 862. The van der Waals surface area contributed by atoms with E-state index >= 15 is 0 Å². The topological polar surface area (TPSA) is 0 Å².